The van der Waals surface area contributed by atoms with Gasteiger partial charge >= 0.3 is 0 Å². The molecule has 1 saturated heterocycles. The summed E-state index contributed by atoms with van der Waals surface area (Å²) in [6.07, 6.45) is 0.843. The number of hydrogen-bond donors (Lipinski definition) is 0. The number of methoxy groups -OCH3 is 2. The Morgan fingerprint density at radius 1 is 1.13 bits per heavy atom. The van der Waals surface area contributed by atoms with Crippen molar-refractivity contribution in [3.63, 3.8) is 0 Å². The molecule has 1 amide bonds. The van der Waals surface area contributed by atoms with Gasteiger partial charge in [-0.15, -0.1) is 11.3 Å². The molecule has 0 N–H and O–H groups in total. The molecule has 0 spiro atoms. The highest BCUT2D eigenvalue weighted by molar-refractivity contribution is 7.89. The van der Waals surface area contributed by atoms with Crippen LogP contribution in [0.3, 0.4) is 0 Å². The molecule has 164 valence electrons. The molecule has 3 rings (SSSR count). The van der Waals surface area contributed by atoms with E-state index >= 15 is 0 Å². The van der Waals surface area contributed by atoms with Crippen LogP contribution in [0.1, 0.15) is 29.3 Å². The summed E-state index contributed by atoms with van der Waals surface area (Å²) in [7, 11) is -0.738. The maximum atomic E-state index is 13.0. The van der Waals surface area contributed by atoms with Gasteiger partial charge < -0.3 is 14.4 Å². The van der Waals surface area contributed by atoms with Crippen LogP contribution in [0.2, 0.25) is 0 Å². The van der Waals surface area contributed by atoms with E-state index in [0.717, 1.165) is 11.4 Å². The predicted octanol–water partition coefficient (Wildman–Crippen LogP) is 2.51. The molecule has 0 atom stereocenters. The first kappa shape index (κ1) is 22.5. The highest BCUT2D eigenvalue weighted by atomic mass is 32.2. The molecule has 2 heterocycles. The van der Waals surface area contributed by atoms with Gasteiger partial charge in [-0.1, -0.05) is 13.8 Å². The topological polar surface area (TPSA) is 89.0 Å². The van der Waals surface area contributed by atoms with Crippen molar-refractivity contribution in [3.05, 3.63) is 34.3 Å². The Morgan fingerprint density at radius 3 is 2.40 bits per heavy atom. The number of hydrogen-bond acceptors (Lipinski definition) is 7. The molecule has 1 aromatic heterocycles. The number of piperazine rings is 1. The van der Waals surface area contributed by atoms with E-state index in [1.165, 1.54) is 42.0 Å². The number of amides is 1. The van der Waals surface area contributed by atoms with E-state index in [1.807, 2.05) is 0 Å². The zero-order chi connectivity index (χ0) is 21.9. The highest BCUT2D eigenvalue weighted by Crippen LogP contribution is 2.31. The first-order valence-corrected chi connectivity index (χ1v) is 12.0. The SMILES string of the molecule is COc1ccc(S(=O)(=O)N2CCN(C(=O)c3csc(CC(C)C)n3)CC2)cc1OC. The number of benzene rings is 1. The Morgan fingerprint density at radius 2 is 1.80 bits per heavy atom. The first-order chi connectivity index (χ1) is 14.3. The third-order valence-electron chi connectivity index (χ3n) is 4.87. The molecule has 8 nitrogen and oxygen atoms in total. The summed E-state index contributed by atoms with van der Waals surface area (Å²) in [5.41, 5.74) is 0.437. The van der Waals surface area contributed by atoms with Gasteiger partial charge in [0, 0.05) is 44.0 Å². The smallest absolute Gasteiger partial charge is 0.273 e. The molecule has 0 saturated carbocycles. The number of carbonyl (C=O) groups excluding carboxylic acids is 1. The molecule has 1 aliphatic rings. The lowest BCUT2D eigenvalue weighted by Crippen LogP contribution is -2.50. The molecule has 30 heavy (non-hydrogen) atoms. The van der Waals surface area contributed by atoms with Crippen molar-refractivity contribution in [2.24, 2.45) is 5.92 Å². The van der Waals surface area contributed by atoms with E-state index in [-0.39, 0.29) is 23.9 Å². The minimum Gasteiger partial charge on any atom is -0.493 e. The second-order valence-corrected chi connectivity index (χ2v) is 10.3. The van der Waals surface area contributed by atoms with Crippen LogP contribution < -0.4 is 9.47 Å². The maximum absolute atomic E-state index is 13.0. The number of ether oxygens (including phenoxy) is 2. The second kappa shape index (κ2) is 9.32. The molecule has 1 aliphatic heterocycles. The molecule has 2 aromatic rings. The third-order valence-corrected chi connectivity index (χ3v) is 7.64. The maximum Gasteiger partial charge on any atom is 0.273 e. The highest BCUT2D eigenvalue weighted by Gasteiger charge is 2.31. The predicted molar refractivity (Wildman–Crippen MR) is 115 cm³/mol. The number of rotatable bonds is 7. The van der Waals surface area contributed by atoms with E-state index in [4.69, 9.17) is 9.47 Å². The van der Waals surface area contributed by atoms with Crippen LogP contribution in [0.25, 0.3) is 0 Å². The molecule has 10 heteroatoms. The van der Waals surface area contributed by atoms with Crippen molar-refractivity contribution >= 4 is 27.3 Å². The lowest BCUT2D eigenvalue weighted by Gasteiger charge is -2.33. The fourth-order valence-electron chi connectivity index (χ4n) is 3.27. The van der Waals surface area contributed by atoms with Gasteiger partial charge in [-0.3, -0.25) is 4.79 Å². The van der Waals surface area contributed by atoms with E-state index in [2.05, 4.69) is 18.8 Å². The number of carbonyl (C=O) groups is 1. The van der Waals surface area contributed by atoms with Gasteiger partial charge in [-0.2, -0.15) is 4.31 Å². The van der Waals surface area contributed by atoms with Crippen molar-refractivity contribution in [1.29, 1.82) is 0 Å². The van der Waals surface area contributed by atoms with Gasteiger partial charge in [-0.05, 0) is 18.1 Å². The van der Waals surface area contributed by atoms with Gasteiger partial charge in [0.05, 0.1) is 24.1 Å². The zero-order valence-corrected chi connectivity index (χ0v) is 19.3. The van der Waals surface area contributed by atoms with E-state index in [1.54, 1.807) is 16.3 Å². The quantitative estimate of drug-likeness (QED) is 0.640. The Kier molecular flexibility index (Phi) is 6.99. The fraction of sp³-hybridized carbons (Fsp3) is 0.500. The summed E-state index contributed by atoms with van der Waals surface area (Å²) >= 11 is 1.49. The van der Waals surface area contributed by atoms with Crippen molar-refractivity contribution in [2.75, 3.05) is 40.4 Å². The molecule has 0 aliphatic carbocycles. The van der Waals surface area contributed by atoms with Gasteiger partial charge in [0.1, 0.15) is 5.69 Å². The van der Waals surface area contributed by atoms with Gasteiger partial charge in [0.15, 0.2) is 11.5 Å². The number of nitrogens with zero attached hydrogens (tertiary/aromatic N) is 3. The van der Waals surface area contributed by atoms with Crippen LogP contribution >= 0.6 is 11.3 Å². The molecule has 1 fully saturated rings. The summed E-state index contributed by atoms with van der Waals surface area (Å²) in [5, 5.41) is 2.73. The summed E-state index contributed by atoms with van der Waals surface area (Å²) in [6.45, 7) is 5.32. The molecular formula is C20H27N3O5S2. The van der Waals surface area contributed by atoms with Crippen LogP contribution in [-0.2, 0) is 16.4 Å². The van der Waals surface area contributed by atoms with Crippen molar-refractivity contribution in [2.45, 2.75) is 25.2 Å². The lowest BCUT2D eigenvalue weighted by molar-refractivity contribution is 0.0692. The van der Waals surface area contributed by atoms with Gasteiger partial charge in [0.2, 0.25) is 10.0 Å². The molecule has 0 unspecified atom stereocenters. The fourth-order valence-corrected chi connectivity index (χ4v) is 5.69. The summed E-state index contributed by atoms with van der Waals surface area (Å²) < 4.78 is 37.8. The minimum atomic E-state index is -3.70. The van der Waals surface area contributed by atoms with Crippen molar-refractivity contribution in [3.8, 4) is 11.5 Å². The average Bonchev–Trinajstić information content (AvgIpc) is 3.20. The monoisotopic (exact) mass is 453 g/mol. The van der Waals surface area contributed by atoms with Crippen molar-refractivity contribution in [1.82, 2.24) is 14.2 Å². The standard InChI is InChI=1S/C20H27N3O5S2/c1-14(2)11-19-21-16(13-29-19)20(24)22-7-9-23(10-8-22)30(25,26)15-5-6-17(27-3)18(12-15)28-4/h5-6,12-14H,7-11H2,1-4H3. The zero-order valence-electron chi connectivity index (χ0n) is 17.6. The van der Waals surface area contributed by atoms with E-state index in [9.17, 15) is 13.2 Å². The molecule has 0 bridgehead atoms. The van der Waals surface area contributed by atoms with Crippen LogP contribution in [0.4, 0.5) is 0 Å². The van der Waals surface area contributed by atoms with Gasteiger partial charge in [0.25, 0.3) is 5.91 Å². The second-order valence-electron chi connectivity index (χ2n) is 7.44. The number of aromatic nitrogens is 1. The molecule has 0 radical (unpaired) electrons. The minimum absolute atomic E-state index is 0.137. The summed E-state index contributed by atoms with van der Waals surface area (Å²) in [6, 6.07) is 4.53. The number of thiazole rings is 1. The van der Waals surface area contributed by atoms with Crippen molar-refractivity contribution < 1.29 is 22.7 Å². The van der Waals surface area contributed by atoms with E-state index < -0.39 is 10.0 Å². The van der Waals surface area contributed by atoms with Crippen LogP contribution in [0, 0.1) is 5.92 Å². The normalized spacial score (nSPS) is 15.4. The van der Waals surface area contributed by atoms with Gasteiger partial charge in [-0.25, -0.2) is 13.4 Å². The largest absolute Gasteiger partial charge is 0.493 e. The summed E-state index contributed by atoms with van der Waals surface area (Å²) in [5.74, 6) is 1.15. The summed E-state index contributed by atoms with van der Waals surface area (Å²) in [4.78, 5) is 19.0. The first-order valence-electron chi connectivity index (χ1n) is 9.72. The Labute approximate surface area is 181 Å². The van der Waals surface area contributed by atoms with Crippen LogP contribution in [0.15, 0.2) is 28.5 Å². The Bertz CT molecular complexity index is 996. The van der Waals surface area contributed by atoms with Crippen LogP contribution in [-0.4, -0.2) is 68.9 Å². The van der Waals surface area contributed by atoms with E-state index in [0.29, 0.717) is 36.2 Å². The Balaban J connectivity index is 1.67. The third kappa shape index (κ3) is 4.76. The molecule has 1 aromatic carbocycles. The average molecular weight is 454 g/mol. The van der Waals surface area contributed by atoms with Crippen LogP contribution in [0.5, 0.6) is 11.5 Å². The Hall–Kier alpha value is -2.17. The molecular weight excluding hydrogens is 426 g/mol. The lowest BCUT2D eigenvalue weighted by atomic mass is 10.1. The number of sulfonamides is 1.